The summed E-state index contributed by atoms with van der Waals surface area (Å²) >= 11 is 0. The number of carbonyl (C=O) groups is 1. The van der Waals surface area contributed by atoms with E-state index in [-0.39, 0.29) is 25.1 Å². The number of aromatic amines is 1. The quantitative estimate of drug-likeness (QED) is 0.0546. The van der Waals surface area contributed by atoms with Crippen molar-refractivity contribution in [2.45, 2.75) is 31.8 Å². The molecule has 0 spiro atoms. The van der Waals surface area contributed by atoms with Gasteiger partial charge in [-0.1, -0.05) is 17.0 Å². The molecule has 0 aromatic carbocycles. The van der Waals surface area contributed by atoms with Gasteiger partial charge in [0.15, 0.2) is 0 Å². The summed E-state index contributed by atoms with van der Waals surface area (Å²) in [6.45, 7) is 0.856. The Labute approximate surface area is 236 Å². The number of nitrogens with one attached hydrogen (secondary N) is 2. The van der Waals surface area contributed by atoms with Crippen LogP contribution in [0.15, 0.2) is 20.9 Å². The van der Waals surface area contributed by atoms with E-state index in [4.69, 9.17) is 24.6 Å². The highest BCUT2D eigenvalue weighted by molar-refractivity contribution is 7.68. The normalized spacial score (nSPS) is 22.5. The molecule has 1 amide bonds. The molecule has 6 atom stereocenters. The van der Waals surface area contributed by atoms with Crippen LogP contribution in [0.3, 0.4) is 0 Å². The first-order chi connectivity index (χ1) is 19.6. The van der Waals surface area contributed by atoms with Gasteiger partial charge < -0.3 is 34.2 Å². The molecule has 1 fully saturated rings. The zero-order valence-corrected chi connectivity index (χ0v) is 24.6. The van der Waals surface area contributed by atoms with Gasteiger partial charge >= 0.3 is 28.9 Å². The molecule has 2 rings (SSSR count). The molecule has 1 aliphatic heterocycles. The van der Waals surface area contributed by atoms with Gasteiger partial charge in [-0.2, -0.15) is 4.31 Å². The maximum atomic E-state index is 12.5. The number of rotatable bonds is 15. The average molecular weight is 660 g/mol. The van der Waals surface area contributed by atoms with Gasteiger partial charge in [0, 0.05) is 30.8 Å². The van der Waals surface area contributed by atoms with Gasteiger partial charge in [-0.3, -0.25) is 28.2 Å². The summed E-state index contributed by atoms with van der Waals surface area (Å²) in [5.74, 6) is 4.61. The lowest BCUT2D eigenvalue weighted by atomic mass is 10.2. The number of amides is 1. The number of carbonyl (C=O) groups excluding carboxylic acids is 1. The highest BCUT2D eigenvalue weighted by Crippen LogP contribution is 2.66. The Morgan fingerprint density at radius 2 is 2.00 bits per heavy atom. The molecule has 42 heavy (non-hydrogen) atoms. The molecule has 0 saturated carbocycles. The number of ether oxygens (including phenoxy) is 3. The molecule has 1 saturated heterocycles. The number of hydrogen-bond donors (Lipinski definition) is 5. The number of phosphoric ester groups is 1. The standard InChI is InChI=1S/C18H27N6O15P3/c1-3-34-10-15(25)20-6-4-5-12-8-24(18(27)22-17(12)26)16-7-13(35-11-21-23-19)14(37-16)9-36-41(30,31)39-42(32,33)38-40(2,28)29/h8,13-14,16H,3,6-7,9-11H2,1-2H3,(H,20,25)(H,28,29)(H,30,31)(H,32,33)(H,22,26,27)/t13-,14-,16-/m1/s1. The Kier molecular flexibility index (Phi) is 13.3. The first-order valence-corrected chi connectivity index (χ1v) is 16.6. The third-order valence-electron chi connectivity index (χ3n) is 4.77. The van der Waals surface area contributed by atoms with E-state index in [2.05, 4.69) is 40.3 Å². The van der Waals surface area contributed by atoms with Gasteiger partial charge in [0.1, 0.15) is 31.2 Å². The highest BCUT2D eigenvalue weighted by Gasteiger charge is 2.43. The van der Waals surface area contributed by atoms with Crippen LogP contribution in [0.4, 0.5) is 0 Å². The van der Waals surface area contributed by atoms with E-state index in [0.717, 1.165) is 10.8 Å². The van der Waals surface area contributed by atoms with Crippen LogP contribution in [0.25, 0.3) is 10.4 Å². The van der Waals surface area contributed by atoms with Crippen LogP contribution in [-0.2, 0) is 45.8 Å². The van der Waals surface area contributed by atoms with E-state index in [1.165, 1.54) is 0 Å². The Morgan fingerprint density at radius 1 is 1.29 bits per heavy atom. The predicted octanol–water partition coefficient (Wildman–Crippen LogP) is 0.0471. The van der Waals surface area contributed by atoms with Gasteiger partial charge in [0.05, 0.1) is 19.3 Å². The fourth-order valence-electron chi connectivity index (χ4n) is 3.20. The Balaban J connectivity index is 2.19. The van der Waals surface area contributed by atoms with Crippen molar-refractivity contribution in [3.05, 3.63) is 43.0 Å². The van der Waals surface area contributed by atoms with E-state index in [1.807, 2.05) is 4.98 Å². The molecule has 0 radical (unpaired) electrons. The highest BCUT2D eigenvalue weighted by atomic mass is 31.3. The van der Waals surface area contributed by atoms with Crippen molar-refractivity contribution in [2.24, 2.45) is 5.11 Å². The molecular weight excluding hydrogens is 633 g/mol. The zero-order chi connectivity index (χ0) is 31.6. The van der Waals surface area contributed by atoms with Gasteiger partial charge in [-0.15, -0.1) is 0 Å². The average Bonchev–Trinajstić information content (AvgIpc) is 3.25. The van der Waals surface area contributed by atoms with E-state index < -0.39 is 72.2 Å². The Morgan fingerprint density at radius 3 is 2.64 bits per heavy atom. The largest absolute Gasteiger partial charge is 0.488 e. The second-order valence-electron chi connectivity index (χ2n) is 8.05. The van der Waals surface area contributed by atoms with Crippen LogP contribution < -0.4 is 16.6 Å². The molecule has 0 bridgehead atoms. The summed E-state index contributed by atoms with van der Waals surface area (Å²) < 4.78 is 64.5. The molecule has 234 valence electrons. The SMILES string of the molecule is CCOCC(=O)NCC#Cc1cn([C@H]2C[C@@H](OCN=[N+]=[N-])[C@@H](COP(=O)(O)OP(=O)(O)OP(C)(=O)O)O2)c(=O)[nH]c1=O. The topological polar surface area (TPSA) is 300 Å². The lowest BCUT2D eigenvalue weighted by Gasteiger charge is -2.21. The number of aromatic nitrogens is 2. The van der Waals surface area contributed by atoms with Gasteiger partial charge in [0.2, 0.25) is 5.91 Å². The second kappa shape index (κ2) is 15.7. The second-order valence-corrected chi connectivity index (χ2v) is 13.1. The number of nitrogens with zero attached hydrogens (tertiary/aromatic N) is 4. The fraction of sp³-hybridized carbons (Fsp3) is 0.611. The minimum Gasteiger partial charge on any atom is -0.372 e. The summed E-state index contributed by atoms with van der Waals surface area (Å²) in [6, 6.07) is 0. The van der Waals surface area contributed by atoms with Crippen molar-refractivity contribution in [1.82, 2.24) is 14.9 Å². The van der Waals surface area contributed by atoms with Crippen LogP contribution in [0.1, 0.15) is 25.1 Å². The van der Waals surface area contributed by atoms with Crippen molar-refractivity contribution in [3.8, 4) is 11.8 Å². The molecule has 5 N–H and O–H groups in total. The van der Waals surface area contributed by atoms with E-state index in [9.17, 15) is 37.9 Å². The number of hydrogen-bond acceptors (Lipinski definition) is 13. The van der Waals surface area contributed by atoms with Crippen LogP contribution in [-0.4, -0.2) is 82.1 Å². The minimum absolute atomic E-state index is 0.137. The third-order valence-corrected chi connectivity index (χ3v) is 8.93. The van der Waals surface area contributed by atoms with Crippen LogP contribution >= 0.6 is 23.2 Å². The molecular formula is C18H27N6O15P3. The minimum atomic E-state index is -5.53. The fourth-order valence-corrected chi connectivity index (χ4v) is 6.68. The maximum Gasteiger partial charge on any atom is 0.488 e. The van der Waals surface area contributed by atoms with Crippen molar-refractivity contribution in [3.63, 3.8) is 0 Å². The van der Waals surface area contributed by atoms with Crippen molar-refractivity contribution < 1.29 is 60.5 Å². The summed E-state index contributed by atoms with van der Waals surface area (Å²) in [5, 5.41) is 5.64. The summed E-state index contributed by atoms with van der Waals surface area (Å²) in [5.41, 5.74) is 6.54. The molecule has 0 aliphatic carbocycles. The molecule has 21 nitrogen and oxygen atoms in total. The Hall–Kier alpha value is -2.65. The lowest BCUT2D eigenvalue weighted by molar-refractivity contribution is -0.125. The molecule has 1 aromatic heterocycles. The molecule has 1 aromatic rings. The van der Waals surface area contributed by atoms with Gasteiger partial charge in [-0.05, 0) is 12.5 Å². The molecule has 1 aliphatic rings. The Bertz CT molecular complexity index is 1490. The molecule has 2 heterocycles. The monoisotopic (exact) mass is 660 g/mol. The maximum absolute atomic E-state index is 12.5. The van der Waals surface area contributed by atoms with Gasteiger partial charge in [-0.25, -0.2) is 18.2 Å². The first kappa shape index (κ1) is 35.5. The van der Waals surface area contributed by atoms with Gasteiger partial charge in [0.25, 0.3) is 5.56 Å². The van der Waals surface area contributed by atoms with E-state index in [0.29, 0.717) is 13.3 Å². The smallest absolute Gasteiger partial charge is 0.372 e. The van der Waals surface area contributed by atoms with Crippen LogP contribution in [0, 0.1) is 11.8 Å². The first-order valence-electron chi connectivity index (χ1n) is 11.6. The summed E-state index contributed by atoms with van der Waals surface area (Å²) in [6.07, 6.45) is -2.66. The molecule has 24 heteroatoms. The summed E-state index contributed by atoms with van der Waals surface area (Å²) in [4.78, 5) is 69.2. The van der Waals surface area contributed by atoms with Crippen LogP contribution in [0.2, 0.25) is 0 Å². The number of phosphoric acid groups is 2. The molecule has 3 unspecified atom stereocenters. The van der Waals surface area contributed by atoms with E-state index in [1.54, 1.807) is 6.92 Å². The van der Waals surface area contributed by atoms with Crippen molar-refractivity contribution >= 4 is 29.1 Å². The predicted molar refractivity (Wildman–Crippen MR) is 139 cm³/mol. The third kappa shape index (κ3) is 12.3. The zero-order valence-electron chi connectivity index (χ0n) is 21.9. The van der Waals surface area contributed by atoms with Crippen LogP contribution in [0.5, 0.6) is 0 Å². The number of azide groups is 1. The number of H-pyrrole nitrogens is 1. The van der Waals surface area contributed by atoms with E-state index >= 15 is 0 Å². The van der Waals surface area contributed by atoms with Crippen molar-refractivity contribution in [2.75, 3.05) is 39.8 Å². The lowest BCUT2D eigenvalue weighted by Crippen LogP contribution is -2.34. The van der Waals surface area contributed by atoms with Crippen molar-refractivity contribution in [1.29, 1.82) is 0 Å². The summed E-state index contributed by atoms with van der Waals surface area (Å²) in [7, 11) is -15.6.